The molecule has 0 bridgehead atoms. The summed E-state index contributed by atoms with van der Waals surface area (Å²) >= 11 is 0. The van der Waals surface area contributed by atoms with Crippen LogP contribution in [-0.2, 0) is 9.05 Å². The van der Waals surface area contributed by atoms with Crippen LogP contribution in [-0.4, -0.2) is 31.5 Å². The van der Waals surface area contributed by atoms with Crippen LogP contribution >= 0.6 is 8.53 Å². The van der Waals surface area contributed by atoms with Crippen LogP contribution in [0.1, 0.15) is 6.92 Å². The number of hydrogen-bond donors (Lipinski definition) is 0. The summed E-state index contributed by atoms with van der Waals surface area (Å²) in [5.41, 5.74) is 0. The van der Waals surface area contributed by atoms with Crippen LogP contribution in [0.4, 0.5) is 0 Å². The topological polar surface area (TPSA) is 21.5 Å². The van der Waals surface area contributed by atoms with E-state index in [1.165, 1.54) is 0 Å². The van der Waals surface area contributed by atoms with Gasteiger partial charge in [0.1, 0.15) is 0 Å². The number of nitrogens with zero attached hydrogens (tertiary/aromatic N) is 1. The first-order valence-electron chi connectivity index (χ1n) is 2.94. The zero-order chi connectivity index (χ0) is 6.85. The first-order valence-corrected chi connectivity index (χ1v) is 4.07. The lowest BCUT2D eigenvalue weighted by molar-refractivity contribution is 0.312. The van der Waals surface area contributed by atoms with Gasteiger partial charge >= 0.3 is 0 Å². The fourth-order valence-electron chi connectivity index (χ4n) is 0.735. The van der Waals surface area contributed by atoms with Crippen LogP contribution in [0.5, 0.6) is 0 Å². The van der Waals surface area contributed by atoms with Gasteiger partial charge < -0.3 is 9.05 Å². The van der Waals surface area contributed by atoms with Gasteiger partial charge in [-0.3, -0.25) is 0 Å². The smallest absolute Gasteiger partial charge is 0.258 e. The Morgan fingerprint density at radius 3 is 2.00 bits per heavy atom. The lowest BCUT2D eigenvalue weighted by Gasteiger charge is -2.11. The molecule has 1 aliphatic rings. The summed E-state index contributed by atoms with van der Waals surface area (Å²) in [6, 6.07) is 0.663. The highest BCUT2D eigenvalue weighted by molar-refractivity contribution is 7.44. The maximum atomic E-state index is 5.06. The Morgan fingerprint density at radius 2 is 1.89 bits per heavy atom. The second-order valence-corrected chi connectivity index (χ2v) is 3.79. The van der Waals surface area contributed by atoms with Crippen molar-refractivity contribution in [1.82, 2.24) is 4.67 Å². The minimum atomic E-state index is -0.710. The Kier molecular flexibility index (Phi) is 2.42. The van der Waals surface area contributed by atoms with Gasteiger partial charge in [0.2, 0.25) is 0 Å². The van der Waals surface area contributed by atoms with Crippen LogP contribution < -0.4 is 0 Å². The first-order chi connectivity index (χ1) is 4.29. The molecule has 0 radical (unpaired) electrons. The maximum Gasteiger partial charge on any atom is 0.258 e. The fraction of sp³-hybridized carbons (Fsp3) is 1.00. The molecule has 0 aromatic heterocycles. The second kappa shape index (κ2) is 2.93. The molecule has 4 heteroatoms. The van der Waals surface area contributed by atoms with Crippen LogP contribution in [0.15, 0.2) is 0 Å². The van der Waals surface area contributed by atoms with Gasteiger partial charge in [0.05, 0.1) is 0 Å². The summed E-state index contributed by atoms with van der Waals surface area (Å²) in [7, 11) is 2.65. The average molecular weight is 149 g/mol. The van der Waals surface area contributed by atoms with Gasteiger partial charge in [-0.15, -0.1) is 0 Å². The van der Waals surface area contributed by atoms with Crippen LogP contribution in [0.3, 0.4) is 0 Å². The number of rotatable bonds is 3. The van der Waals surface area contributed by atoms with Crippen molar-refractivity contribution in [3.63, 3.8) is 0 Å². The lowest BCUT2D eigenvalue weighted by Crippen LogP contribution is -1.94. The van der Waals surface area contributed by atoms with Crippen LogP contribution in [0.25, 0.3) is 0 Å². The highest BCUT2D eigenvalue weighted by Gasteiger charge is 2.37. The fourth-order valence-corrected chi connectivity index (χ4v) is 2.00. The van der Waals surface area contributed by atoms with E-state index < -0.39 is 8.53 Å². The molecule has 3 nitrogen and oxygen atoms in total. The summed E-state index contributed by atoms with van der Waals surface area (Å²) in [4.78, 5) is 0. The van der Waals surface area contributed by atoms with E-state index in [-0.39, 0.29) is 0 Å². The second-order valence-electron chi connectivity index (χ2n) is 2.07. The molecule has 0 aromatic carbocycles. The molecule has 0 saturated carbocycles. The van der Waals surface area contributed by atoms with E-state index in [1.807, 2.05) is 0 Å². The van der Waals surface area contributed by atoms with E-state index in [0.29, 0.717) is 6.04 Å². The minimum Gasteiger partial charge on any atom is -0.325 e. The molecular weight excluding hydrogens is 137 g/mol. The van der Waals surface area contributed by atoms with Gasteiger partial charge in [-0.05, 0) is 6.92 Å². The largest absolute Gasteiger partial charge is 0.325 e. The third-order valence-electron chi connectivity index (χ3n) is 1.35. The molecule has 0 aliphatic carbocycles. The lowest BCUT2D eigenvalue weighted by atomic mass is 10.6. The van der Waals surface area contributed by atoms with Gasteiger partial charge in [-0.1, -0.05) is 0 Å². The van der Waals surface area contributed by atoms with E-state index in [0.717, 1.165) is 6.54 Å². The molecule has 0 spiro atoms. The predicted octanol–water partition coefficient (Wildman–Crippen LogP) is 1.21. The third-order valence-corrected chi connectivity index (χ3v) is 2.95. The molecule has 2 atom stereocenters. The Morgan fingerprint density at radius 1 is 1.44 bits per heavy atom. The monoisotopic (exact) mass is 149 g/mol. The normalized spacial score (nSPS) is 33.3. The van der Waals surface area contributed by atoms with E-state index in [2.05, 4.69) is 11.6 Å². The zero-order valence-corrected chi connectivity index (χ0v) is 6.89. The molecular formula is C5H12NO2P. The summed E-state index contributed by atoms with van der Waals surface area (Å²) in [5.74, 6) is 0. The van der Waals surface area contributed by atoms with Crippen molar-refractivity contribution < 1.29 is 9.05 Å². The molecule has 1 heterocycles. The molecule has 1 rings (SSSR count). The molecule has 9 heavy (non-hydrogen) atoms. The van der Waals surface area contributed by atoms with Gasteiger partial charge in [0, 0.05) is 26.8 Å². The quantitative estimate of drug-likeness (QED) is 0.444. The number of hydrogen-bond acceptors (Lipinski definition) is 3. The molecule has 1 saturated heterocycles. The summed E-state index contributed by atoms with van der Waals surface area (Å²) in [6.07, 6.45) is 0. The van der Waals surface area contributed by atoms with Gasteiger partial charge in [-0.25, -0.2) is 4.67 Å². The van der Waals surface area contributed by atoms with E-state index in [9.17, 15) is 0 Å². The van der Waals surface area contributed by atoms with Crippen molar-refractivity contribution >= 4 is 8.53 Å². The standard InChI is InChI=1S/C5H12NO2P/c1-5-4-6(5)9(7-2)8-3/h5H,4H2,1-3H3/t5-,6?/m0/s1. The van der Waals surface area contributed by atoms with E-state index in [4.69, 9.17) is 9.05 Å². The van der Waals surface area contributed by atoms with Gasteiger partial charge in [0.15, 0.2) is 0 Å². The Bertz CT molecular complexity index is 97.0. The van der Waals surface area contributed by atoms with Gasteiger partial charge in [-0.2, -0.15) is 0 Å². The Hall–Kier alpha value is 0.310. The molecule has 0 amide bonds. The summed E-state index contributed by atoms with van der Waals surface area (Å²) < 4.78 is 12.3. The van der Waals surface area contributed by atoms with Crippen molar-refractivity contribution in [3.8, 4) is 0 Å². The third kappa shape index (κ3) is 1.62. The highest BCUT2D eigenvalue weighted by atomic mass is 31.2. The maximum absolute atomic E-state index is 5.06. The van der Waals surface area contributed by atoms with Crippen LogP contribution in [0, 0.1) is 0 Å². The first kappa shape index (κ1) is 7.42. The molecule has 54 valence electrons. The van der Waals surface area contributed by atoms with Crippen molar-refractivity contribution in [2.75, 3.05) is 20.8 Å². The van der Waals surface area contributed by atoms with Crippen molar-refractivity contribution in [1.29, 1.82) is 0 Å². The molecule has 1 unspecified atom stereocenters. The SMILES string of the molecule is COP(OC)N1C[C@@H]1C. The highest BCUT2D eigenvalue weighted by Crippen LogP contribution is 2.48. The minimum absolute atomic E-state index is 0.663. The summed E-state index contributed by atoms with van der Waals surface area (Å²) in [5, 5.41) is 0. The zero-order valence-electron chi connectivity index (χ0n) is 6.00. The summed E-state index contributed by atoms with van der Waals surface area (Å²) in [6.45, 7) is 3.28. The van der Waals surface area contributed by atoms with E-state index >= 15 is 0 Å². The molecule has 0 aromatic rings. The van der Waals surface area contributed by atoms with Crippen LogP contribution in [0.2, 0.25) is 0 Å². The Labute approximate surface area is 56.9 Å². The predicted molar refractivity (Wildman–Crippen MR) is 37.1 cm³/mol. The Balaban J connectivity index is 2.23. The molecule has 1 aliphatic heterocycles. The van der Waals surface area contributed by atoms with E-state index in [1.54, 1.807) is 14.2 Å². The average Bonchev–Trinajstić information content (AvgIpc) is 2.51. The van der Waals surface area contributed by atoms with Crippen molar-refractivity contribution in [2.45, 2.75) is 13.0 Å². The molecule has 0 N–H and O–H groups in total. The van der Waals surface area contributed by atoms with Crippen molar-refractivity contribution in [2.24, 2.45) is 0 Å². The molecule has 1 fully saturated rings. The van der Waals surface area contributed by atoms with Gasteiger partial charge in [0.25, 0.3) is 8.53 Å². The van der Waals surface area contributed by atoms with Crippen molar-refractivity contribution in [3.05, 3.63) is 0 Å².